The van der Waals surface area contributed by atoms with E-state index in [0.29, 0.717) is 24.0 Å². The van der Waals surface area contributed by atoms with Gasteiger partial charge in [0, 0.05) is 19.3 Å². The SMILES string of the molecule is Cc1ccc(N)c(N(C)CC(=O)NCC(C)C)n1. The van der Waals surface area contributed by atoms with Gasteiger partial charge in [-0.1, -0.05) is 13.8 Å². The van der Waals surface area contributed by atoms with Crippen molar-refractivity contribution in [2.75, 3.05) is 30.8 Å². The molecule has 1 rings (SSSR count). The van der Waals surface area contributed by atoms with Crippen LogP contribution in [0.15, 0.2) is 12.1 Å². The number of carbonyl (C=O) groups excluding carboxylic acids is 1. The number of amides is 1. The fourth-order valence-corrected chi connectivity index (χ4v) is 1.52. The molecule has 5 heteroatoms. The predicted octanol–water partition coefficient (Wildman–Crippen LogP) is 1.18. The minimum Gasteiger partial charge on any atom is -0.396 e. The zero-order valence-electron chi connectivity index (χ0n) is 11.5. The van der Waals surface area contributed by atoms with Crippen molar-refractivity contribution in [3.63, 3.8) is 0 Å². The lowest BCUT2D eigenvalue weighted by molar-refractivity contribution is -0.119. The summed E-state index contributed by atoms with van der Waals surface area (Å²) in [7, 11) is 1.81. The maximum atomic E-state index is 11.7. The molecule has 0 saturated heterocycles. The molecule has 1 aromatic rings. The summed E-state index contributed by atoms with van der Waals surface area (Å²) in [6, 6.07) is 3.66. The van der Waals surface area contributed by atoms with Crippen molar-refractivity contribution >= 4 is 17.4 Å². The second-order valence-corrected chi connectivity index (χ2v) is 4.92. The van der Waals surface area contributed by atoms with E-state index in [1.165, 1.54) is 0 Å². The number of anilines is 2. The van der Waals surface area contributed by atoms with E-state index in [2.05, 4.69) is 24.1 Å². The number of nitrogens with two attached hydrogens (primary N) is 1. The summed E-state index contributed by atoms with van der Waals surface area (Å²) in [5.74, 6) is 1.07. The van der Waals surface area contributed by atoms with E-state index in [-0.39, 0.29) is 12.5 Å². The maximum Gasteiger partial charge on any atom is 0.239 e. The molecule has 1 aromatic heterocycles. The van der Waals surface area contributed by atoms with E-state index >= 15 is 0 Å². The highest BCUT2D eigenvalue weighted by atomic mass is 16.2. The van der Waals surface area contributed by atoms with Crippen LogP contribution in [0.1, 0.15) is 19.5 Å². The standard InChI is InChI=1S/C13H22N4O/c1-9(2)7-15-12(18)8-17(4)13-11(14)6-5-10(3)16-13/h5-6,9H,7-8,14H2,1-4H3,(H,15,18). The number of nitrogens with zero attached hydrogens (tertiary/aromatic N) is 2. The zero-order valence-corrected chi connectivity index (χ0v) is 11.5. The van der Waals surface area contributed by atoms with Crippen LogP contribution in [-0.4, -0.2) is 31.0 Å². The Morgan fingerprint density at radius 3 is 2.78 bits per heavy atom. The van der Waals surface area contributed by atoms with Crippen LogP contribution in [0.2, 0.25) is 0 Å². The van der Waals surface area contributed by atoms with Gasteiger partial charge in [-0.15, -0.1) is 0 Å². The molecule has 0 saturated carbocycles. The van der Waals surface area contributed by atoms with E-state index in [1.807, 2.05) is 20.0 Å². The van der Waals surface area contributed by atoms with E-state index in [0.717, 1.165) is 5.69 Å². The molecule has 1 heterocycles. The molecule has 18 heavy (non-hydrogen) atoms. The summed E-state index contributed by atoms with van der Waals surface area (Å²) in [6.07, 6.45) is 0. The van der Waals surface area contributed by atoms with Crippen LogP contribution in [0.4, 0.5) is 11.5 Å². The number of hydrogen-bond acceptors (Lipinski definition) is 4. The van der Waals surface area contributed by atoms with Crippen LogP contribution < -0.4 is 16.0 Å². The molecule has 0 aliphatic heterocycles. The number of rotatable bonds is 5. The van der Waals surface area contributed by atoms with Gasteiger partial charge in [0.25, 0.3) is 0 Å². The van der Waals surface area contributed by atoms with E-state index in [4.69, 9.17) is 5.73 Å². The smallest absolute Gasteiger partial charge is 0.239 e. The quantitative estimate of drug-likeness (QED) is 0.823. The summed E-state index contributed by atoms with van der Waals surface area (Å²) < 4.78 is 0. The topological polar surface area (TPSA) is 71.2 Å². The van der Waals surface area contributed by atoms with Crippen LogP contribution in [-0.2, 0) is 4.79 Å². The summed E-state index contributed by atoms with van der Waals surface area (Å²) >= 11 is 0. The fourth-order valence-electron chi connectivity index (χ4n) is 1.52. The number of aromatic nitrogens is 1. The molecule has 0 aliphatic carbocycles. The largest absolute Gasteiger partial charge is 0.396 e. The molecule has 1 amide bonds. The Kier molecular flexibility index (Phi) is 4.95. The number of pyridine rings is 1. The third-order valence-corrected chi connectivity index (χ3v) is 2.49. The number of nitrogens with one attached hydrogen (secondary N) is 1. The molecule has 0 unspecified atom stereocenters. The van der Waals surface area contributed by atoms with E-state index in [9.17, 15) is 4.79 Å². The first kappa shape index (κ1) is 14.3. The van der Waals surface area contributed by atoms with Crippen molar-refractivity contribution in [3.05, 3.63) is 17.8 Å². The fraction of sp³-hybridized carbons (Fsp3) is 0.538. The molecule has 5 nitrogen and oxygen atoms in total. The average molecular weight is 250 g/mol. The van der Waals surface area contributed by atoms with Crippen molar-refractivity contribution in [2.45, 2.75) is 20.8 Å². The lowest BCUT2D eigenvalue weighted by atomic mass is 10.2. The Labute approximate surface area is 108 Å². The molecule has 3 N–H and O–H groups in total. The van der Waals surface area contributed by atoms with Gasteiger partial charge in [-0.3, -0.25) is 4.79 Å². The molecule has 0 atom stereocenters. The van der Waals surface area contributed by atoms with Crippen LogP contribution in [0.3, 0.4) is 0 Å². The highest BCUT2D eigenvalue weighted by Gasteiger charge is 2.11. The van der Waals surface area contributed by atoms with Gasteiger partial charge < -0.3 is 16.0 Å². The van der Waals surface area contributed by atoms with Gasteiger partial charge >= 0.3 is 0 Å². The van der Waals surface area contributed by atoms with Gasteiger partial charge in [0.15, 0.2) is 5.82 Å². The summed E-state index contributed by atoms with van der Waals surface area (Å²) in [5.41, 5.74) is 7.32. The van der Waals surface area contributed by atoms with Gasteiger partial charge in [-0.25, -0.2) is 4.98 Å². The van der Waals surface area contributed by atoms with E-state index in [1.54, 1.807) is 11.0 Å². The Morgan fingerprint density at radius 1 is 1.50 bits per heavy atom. The predicted molar refractivity (Wildman–Crippen MR) is 74.5 cm³/mol. The molecular formula is C13H22N4O. The minimum absolute atomic E-state index is 0.0195. The molecule has 0 radical (unpaired) electrons. The second-order valence-electron chi connectivity index (χ2n) is 4.92. The van der Waals surface area contributed by atoms with Crippen molar-refractivity contribution in [2.24, 2.45) is 5.92 Å². The van der Waals surface area contributed by atoms with Crippen LogP contribution in [0, 0.1) is 12.8 Å². The average Bonchev–Trinajstić information content (AvgIpc) is 2.29. The van der Waals surface area contributed by atoms with Crippen LogP contribution >= 0.6 is 0 Å². The van der Waals surface area contributed by atoms with Gasteiger partial charge in [0.2, 0.25) is 5.91 Å². The van der Waals surface area contributed by atoms with Gasteiger partial charge in [0.05, 0.1) is 12.2 Å². The van der Waals surface area contributed by atoms with Crippen molar-refractivity contribution in [1.29, 1.82) is 0 Å². The number of aryl methyl sites for hydroxylation is 1. The first-order chi connectivity index (χ1) is 8.40. The van der Waals surface area contributed by atoms with Crippen molar-refractivity contribution in [1.82, 2.24) is 10.3 Å². The Balaban J connectivity index is 2.62. The zero-order chi connectivity index (χ0) is 13.7. The first-order valence-electron chi connectivity index (χ1n) is 6.11. The molecule has 0 aliphatic rings. The Hall–Kier alpha value is -1.78. The summed E-state index contributed by atoms with van der Waals surface area (Å²) in [4.78, 5) is 17.8. The monoisotopic (exact) mass is 250 g/mol. The number of likely N-dealkylation sites (N-methyl/N-ethyl adjacent to an activating group) is 1. The van der Waals surface area contributed by atoms with Gasteiger partial charge in [0.1, 0.15) is 0 Å². The lowest BCUT2D eigenvalue weighted by Gasteiger charge is -2.20. The highest BCUT2D eigenvalue weighted by Crippen LogP contribution is 2.18. The number of hydrogen-bond donors (Lipinski definition) is 2. The van der Waals surface area contributed by atoms with Gasteiger partial charge in [-0.2, -0.15) is 0 Å². The number of carbonyl (C=O) groups is 1. The normalized spacial score (nSPS) is 10.5. The van der Waals surface area contributed by atoms with Crippen LogP contribution in [0.5, 0.6) is 0 Å². The van der Waals surface area contributed by atoms with Crippen molar-refractivity contribution in [3.8, 4) is 0 Å². The third-order valence-electron chi connectivity index (χ3n) is 2.49. The number of nitrogen functional groups attached to an aromatic ring is 1. The second kappa shape index (κ2) is 6.23. The molecule has 0 spiro atoms. The molecule has 0 bridgehead atoms. The summed E-state index contributed by atoms with van der Waals surface area (Å²) in [5, 5.41) is 2.87. The Bertz CT molecular complexity index is 417. The minimum atomic E-state index is -0.0195. The molecule has 100 valence electrons. The lowest BCUT2D eigenvalue weighted by Crippen LogP contribution is -2.37. The third kappa shape index (κ3) is 4.24. The van der Waals surface area contributed by atoms with Gasteiger partial charge in [-0.05, 0) is 25.0 Å². The molecular weight excluding hydrogens is 228 g/mol. The maximum absolute atomic E-state index is 11.7. The molecule has 0 aromatic carbocycles. The van der Waals surface area contributed by atoms with Crippen LogP contribution in [0.25, 0.3) is 0 Å². The summed E-state index contributed by atoms with van der Waals surface area (Å²) in [6.45, 7) is 6.96. The molecule has 0 fully saturated rings. The van der Waals surface area contributed by atoms with Crippen molar-refractivity contribution < 1.29 is 4.79 Å². The first-order valence-corrected chi connectivity index (χ1v) is 6.11. The Morgan fingerprint density at radius 2 is 2.17 bits per heavy atom. The highest BCUT2D eigenvalue weighted by molar-refractivity contribution is 5.82. The van der Waals surface area contributed by atoms with E-state index < -0.39 is 0 Å².